The number of aliphatic carboxylic acids is 1. The Labute approximate surface area is 94.2 Å². The molecular formula is C12H16FNO2. The number of alkyl halides is 1. The maximum absolute atomic E-state index is 13.1. The molecule has 2 rings (SSSR count). The van der Waals surface area contributed by atoms with Crippen LogP contribution in [0, 0.1) is 0 Å². The van der Waals surface area contributed by atoms with E-state index in [4.69, 9.17) is 0 Å². The summed E-state index contributed by atoms with van der Waals surface area (Å²) < 4.78 is 13.1. The fraction of sp³-hybridized carbons (Fsp3) is 0.583. The minimum Gasteiger partial charge on any atom is -0.480 e. The summed E-state index contributed by atoms with van der Waals surface area (Å²) in [6, 6.07) is -0.669. The Hall–Kier alpha value is -1.16. The summed E-state index contributed by atoms with van der Waals surface area (Å²) in [4.78, 5) is 13.0. The highest BCUT2D eigenvalue weighted by atomic mass is 19.1. The predicted molar refractivity (Wildman–Crippen MR) is 59.0 cm³/mol. The van der Waals surface area contributed by atoms with Crippen molar-refractivity contribution in [3.63, 3.8) is 0 Å². The van der Waals surface area contributed by atoms with Crippen molar-refractivity contribution in [1.82, 2.24) is 4.90 Å². The molecule has 88 valence electrons. The molecule has 0 radical (unpaired) electrons. The van der Waals surface area contributed by atoms with Crippen LogP contribution in [-0.2, 0) is 4.79 Å². The van der Waals surface area contributed by atoms with Crippen LogP contribution in [0.25, 0.3) is 0 Å². The first kappa shape index (κ1) is 11.3. The maximum atomic E-state index is 13.1. The van der Waals surface area contributed by atoms with Crippen LogP contribution in [0.2, 0.25) is 0 Å². The molecule has 16 heavy (non-hydrogen) atoms. The third-order valence-electron chi connectivity index (χ3n) is 3.10. The van der Waals surface area contributed by atoms with E-state index in [1.165, 1.54) is 0 Å². The lowest BCUT2D eigenvalue weighted by Crippen LogP contribution is -2.41. The second kappa shape index (κ2) is 4.78. The molecule has 1 aliphatic carbocycles. The third kappa shape index (κ3) is 2.32. The van der Waals surface area contributed by atoms with Gasteiger partial charge >= 0.3 is 5.97 Å². The predicted octanol–water partition coefficient (Wildman–Crippen LogP) is 1.76. The number of nitrogens with zero attached hydrogens (tertiary/aromatic N) is 1. The molecule has 0 aromatic rings. The molecule has 0 amide bonds. The quantitative estimate of drug-likeness (QED) is 0.795. The Morgan fingerprint density at radius 1 is 1.56 bits per heavy atom. The van der Waals surface area contributed by atoms with Gasteiger partial charge in [0.05, 0.1) is 0 Å². The summed E-state index contributed by atoms with van der Waals surface area (Å²) in [5, 5.41) is 9.23. The lowest BCUT2D eigenvalue weighted by molar-refractivity contribution is -0.141. The molecule has 0 saturated carbocycles. The van der Waals surface area contributed by atoms with Crippen molar-refractivity contribution in [2.45, 2.75) is 31.5 Å². The van der Waals surface area contributed by atoms with Crippen molar-refractivity contribution in [3.8, 4) is 0 Å². The lowest BCUT2D eigenvalue weighted by atomic mass is 9.99. The zero-order valence-electron chi connectivity index (χ0n) is 9.10. The Kier molecular flexibility index (Phi) is 3.39. The summed E-state index contributed by atoms with van der Waals surface area (Å²) >= 11 is 0. The highest BCUT2D eigenvalue weighted by molar-refractivity contribution is 5.78. The van der Waals surface area contributed by atoms with Crippen LogP contribution in [-0.4, -0.2) is 41.3 Å². The van der Waals surface area contributed by atoms with Gasteiger partial charge in [0.1, 0.15) is 12.2 Å². The number of carboxylic acid groups (broad SMARTS) is 1. The molecule has 1 aliphatic heterocycles. The van der Waals surface area contributed by atoms with Gasteiger partial charge in [-0.25, -0.2) is 4.39 Å². The number of halogens is 1. The zero-order chi connectivity index (χ0) is 11.5. The van der Waals surface area contributed by atoms with Crippen molar-refractivity contribution in [3.05, 3.63) is 23.8 Å². The zero-order valence-corrected chi connectivity index (χ0v) is 9.10. The van der Waals surface area contributed by atoms with Gasteiger partial charge in [-0.3, -0.25) is 9.69 Å². The average molecular weight is 225 g/mol. The third-order valence-corrected chi connectivity index (χ3v) is 3.10. The fourth-order valence-electron chi connectivity index (χ4n) is 2.32. The molecule has 3 nitrogen and oxygen atoms in total. The van der Waals surface area contributed by atoms with E-state index in [-0.39, 0.29) is 6.54 Å². The van der Waals surface area contributed by atoms with Gasteiger partial charge < -0.3 is 5.11 Å². The average Bonchev–Trinajstić information content (AvgIpc) is 2.66. The smallest absolute Gasteiger partial charge is 0.325 e. The summed E-state index contributed by atoms with van der Waals surface area (Å²) in [6.07, 6.45) is 7.19. The van der Waals surface area contributed by atoms with Crippen molar-refractivity contribution in [2.75, 3.05) is 13.1 Å². The van der Waals surface area contributed by atoms with E-state index < -0.39 is 18.2 Å². The van der Waals surface area contributed by atoms with Gasteiger partial charge in [-0.15, -0.1) is 0 Å². The molecule has 0 aromatic heterocycles. The van der Waals surface area contributed by atoms with E-state index in [9.17, 15) is 14.3 Å². The Balaban J connectivity index is 2.14. The number of hydrogen-bond acceptors (Lipinski definition) is 2. The molecule has 0 bridgehead atoms. The number of allylic oxidation sites excluding steroid dienone is 2. The van der Waals surface area contributed by atoms with E-state index in [0.717, 1.165) is 18.4 Å². The second-order valence-electron chi connectivity index (χ2n) is 4.31. The summed E-state index contributed by atoms with van der Waals surface area (Å²) in [5.41, 5.74) is 0.799. The van der Waals surface area contributed by atoms with Gasteiger partial charge in [-0.2, -0.15) is 0 Å². The molecule has 1 N–H and O–H groups in total. The normalized spacial score (nSPS) is 27.8. The largest absolute Gasteiger partial charge is 0.480 e. The van der Waals surface area contributed by atoms with Gasteiger partial charge in [0, 0.05) is 13.1 Å². The number of carboxylic acids is 1. The van der Waals surface area contributed by atoms with Crippen LogP contribution in [0.3, 0.4) is 0 Å². The van der Waals surface area contributed by atoms with Gasteiger partial charge in [0.25, 0.3) is 0 Å². The second-order valence-corrected chi connectivity index (χ2v) is 4.31. The number of rotatable bonds is 3. The van der Waals surface area contributed by atoms with Crippen LogP contribution >= 0.6 is 0 Å². The van der Waals surface area contributed by atoms with Crippen molar-refractivity contribution < 1.29 is 14.3 Å². The lowest BCUT2D eigenvalue weighted by Gasteiger charge is -2.25. The van der Waals surface area contributed by atoms with E-state index in [1.807, 2.05) is 18.2 Å². The number of likely N-dealkylation sites (tertiary alicyclic amines) is 1. The van der Waals surface area contributed by atoms with E-state index in [2.05, 4.69) is 0 Å². The first-order valence-corrected chi connectivity index (χ1v) is 5.66. The molecule has 0 spiro atoms. The Bertz CT molecular complexity index is 338. The first-order valence-electron chi connectivity index (χ1n) is 5.66. The van der Waals surface area contributed by atoms with Crippen LogP contribution < -0.4 is 0 Å². The van der Waals surface area contributed by atoms with E-state index in [1.54, 1.807) is 4.90 Å². The van der Waals surface area contributed by atoms with Gasteiger partial charge in [-0.05, 0) is 24.8 Å². The molecule has 1 saturated heterocycles. The van der Waals surface area contributed by atoms with Crippen LogP contribution in [0.5, 0.6) is 0 Å². The summed E-state index contributed by atoms with van der Waals surface area (Å²) in [6.45, 7) is 0.769. The maximum Gasteiger partial charge on any atom is 0.325 e. The summed E-state index contributed by atoms with van der Waals surface area (Å²) in [5.74, 6) is -0.883. The van der Waals surface area contributed by atoms with Gasteiger partial charge in [0.2, 0.25) is 0 Å². The van der Waals surface area contributed by atoms with Gasteiger partial charge in [-0.1, -0.05) is 18.2 Å². The number of hydrogen-bond donors (Lipinski definition) is 1. The topological polar surface area (TPSA) is 40.5 Å². The van der Waals surface area contributed by atoms with Crippen molar-refractivity contribution >= 4 is 5.97 Å². The van der Waals surface area contributed by atoms with Crippen molar-refractivity contribution in [1.29, 1.82) is 0 Å². The molecular weight excluding hydrogens is 209 g/mol. The van der Waals surface area contributed by atoms with Crippen LogP contribution in [0.15, 0.2) is 23.8 Å². The van der Waals surface area contributed by atoms with Crippen molar-refractivity contribution in [2.24, 2.45) is 0 Å². The number of carbonyl (C=O) groups is 1. The fourth-order valence-corrected chi connectivity index (χ4v) is 2.32. The van der Waals surface area contributed by atoms with Crippen LogP contribution in [0.1, 0.15) is 19.3 Å². The Morgan fingerprint density at radius 3 is 2.88 bits per heavy atom. The molecule has 2 atom stereocenters. The summed E-state index contributed by atoms with van der Waals surface area (Å²) in [7, 11) is 0. The monoisotopic (exact) mass is 225 g/mol. The Morgan fingerprint density at radius 2 is 2.38 bits per heavy atom. The molecule has 4 heteroatoms. The SMILES string of the molecule is O=C(O)C(C1=CCCC=C1)N1CC[C@H](F)C1. The highest BCUT2D eigenvalue weighted by Gasteiger charge is 2.34. The van der Waals surface area contributed by atoms with Gasteiger partial charge in [0.15, 0.2) is 0 Å². The standard InChI is InChI=1S/C12H16FNO2/c13-10-6-7-14(8-10)11(12(15)16)9-4-2-1-3-5-9/h2,4-5,10-11H,1,3,6-8H2,(H,15,16)/t10-,11?/m0/s1. The highest BCUT2D eigenvalue weighted by Crippen LogP contribution is 2.23. The first-order chi connectivity index (χ1) is 7.68. The molecule has 0 aromatic carbocycles. The molecule has 1 heterocycles. The molecule has 1 fully saturated rings. The van der Waals surface area contributed by atoms with E-state index >= 15 is 0 Å². The van der Waals surface area contributed by atoms with E-state index in [0.29, 0.717) is 13.0 Å². The minimum absolute atomic E-state index is 0.238. The van der Waals surface area contributed by atoms with Crippen LogP contribution in [0.4, 0.5) is 4.39 Å². The molecule has 2 aliphatic rings. The molecule has 1 unspecified atom stereocenters. The minimum atomic E-state index is -0.883.